The standard InChI is InChI=1S/C18H23N5O2/c1-13-15(10-19-23(13)14-6-4-3-5-7-14)20-18(24)22-11-16-17(12-22)25-9-8-21(16)2/h3-7,10,16-17H,8-9,11-12H2,1-2H3,(H,20,24)/t16-,17+/m0/s1. The summed E-state index contributed by atoms with van der Waals surface area (Å²) in [7, 11) is 2.09. The van der Waals surface area contributed by atoms with Gasteiger partial charge in [-0.25, -0.2) is 9.48 Å². The van der Waals surface area contributed by atoms with Crippen LogP contribution in [-0.4, -0.2) is 71.0 Å². The van der Waals surface area contributed by atoms with Crippen molar-refractivity contribution in [1.29, 1.82) is 0 Å². The van der Waals surface area contributed by atoms with Crippen molar-refractivity contribution < 1.29 is 9.53 Å². The van der Waals surface area contributed by atoms with Gasteiger partial charge in [0.2, 0.25) is 0 Å². The number of benzene rings is 1. The first-order valence-corrected chi connectivity index (χ1v) is 8.61. The van der Waals surface area contributed by atoms with Crippen LogP contribution in [-0.2, 0) is 4.74 Å². The van der Waals surface area contributed by atoms with Crippen molar-refractivity contribution in [1.82, 2.24) is 19.6 Å². The number of anilines is 1. The highest BCUT2D eigenvalue weighted by molar-refractivity contribution is 5.90. The summed E-state index contributed by atoms with van der Waals surface area (Å²) >= 11 is 0. The number of para-hydroxylation sites is 1. The lowest BCUT2D eigenvalue weighted by atomic mass is 10.1. The molecule has 0 radical (unpaired) electrons. The minimum absolute atomic E-state index is 0.0953. The maximum absolute atomic E-state index is 12.7. The Morgan fingerprint density at radius 3 is 2.84 bits per heavy atom. The molecule has 1 aromatic heterocycles. The van der Waals surface area contributed by atoms with E-state index in [9.17, 15) is 4.79 Å². The molecule has 2 amide bonds. The van der Waals surface area contributed by atoms with E-state index in [1.165, 1.54) is 0 Å². The van der Waals surface area contributed by atoms with E-state index in [4.69, 9.17) is 4.74 Å². The van der Waals surface area contributed by atoms with Gasteiger partial charge in [0, 0.05) is 13.1 Å². The van der Waals surface area contributed by atoms with Crippen LogP contribution in [0.15, 0.2) is 36.5 Å². The van der Waals surface area contributed by atoms with E-state index >= 15 is 0 Å². The molecule has 4 rings (SSSR count). The summed E-state index contributed by atoms with van der Waals surface area (Å²) in [6, 6.07) is 10.1. The number of nitrogens with zero attached hydrogens (tertiary/aromatic N) is 4. The quantitative estimate of drug-likeness (QED) is 0.904. The van der Waals surface area contributed by atoms with Crippen molar-refractivity contribution in [2.24, 2.45) is 0 Å². The van der Waals surface area contributed by atoms with Crippen LogP contribution in [0.5, 0.6) is 0 Å². The van der Waals surface area contributed by atoms with Crippen molar-refractivity contribution in [2.75, 3.05) is 38.6 Å². The molecule has 2 saturated heterocycles. The number of likely N-dealkylation sites (N-methyl/N-ethyl adjacent to an activating group) is 1. The molecule has 1 aromatic carbocycles. The molecule has 2 fully saturated rings. The summed E-state index contributed by atoms with van der Waals surface area (Å²) in [5, 5.41) is 7.40. The van der Waals surface area contributed by atoms with E-state index in [1.807, 2.05) is 46.8 Å². The molecule has 0 saturated carbocycles. The minimum Gasteiger partial charge on any atom is -0.373 e. The molecule has 0 aliphatic carbocycles. The van der Waals surface area contributed by atoms with Gasteiger partial charge in [-0.1, -0.05) is 18.2 Å². The number of nitrogens with one attached hydrogen (secondary N) is 1. The van der Waals surface area contributed by atoms with Gasteiger partial charge in [0.25, 0.3) is 0 Å². The topological polar surface area (TPSA) is 62.6 Å². The second kappa shape index (κ2) is 6.50. The summed E-state index contributed by atoms with van der Waals surface area (Å²) in [4.78, 5) is 16.8. The number of carbonyl (C=O) groups is 1. The van der Waals surface area contributed by atoms with Gasteiger partial charge in [-0.3, -0.25) is 4.90 Å². The number of likely N-dealkylation sites (tertiary alicyclic amines) is 1. The summed E-state index contributed by atoms with van der Waals surface area (Å²) in [5.74, 6) is 0. The summed E-state index contributed by atoms with van der Waals surface area (Å²) in [6.45, 7) is 4.93. The van der Waals surface area contributed by atoms with Crippen molar-refractivity contribution in [2.45, 2.75) is 19.1 Å². The van der Waals surface area contributed by atoms with Crippen LogP contribution in [0.25, 0.3) is 5.69 Å². The fraction of sp³-hybridized carbons (Fsp3) is 0.444. The Morgan fingerprint density at radius 2 is 2.08 bits per heavy atom. The van der Waals surface area contributed by atoms with Gasteiger partial charge in [-0.05, 0) is 26.1 Å². The lowest BCUT2D eigenvalue weighted by molar-refractivity contribution is -0.0367. The van der Waals surface area contributed by atoms with Crippen molar-refractivity contribution in [3.63, 3.8) is 0 Å². The Morgan fingerprint density at radius 1 is 1.28 bits per heavy atom. The molecule has 0 unspecified atom stereocenters. The van der Waals surface area contributed by atoms with Crippen molar-refractivity contribution in [3.8, 4) is 5.69 Å². The number of morpholine rings is 1. The first-order chi connectivity index (χ1) is 12.1. The second-order valence-electron chi connectivity index (χ2n) is 6.68. The van der Waals surface area contributed by atoms with E-state index < -0.39 is 0 Å². The van der Waals surface area contributed by atoms with Gasteiger partial charge in [-0.15, -0.1) is 0 Å². The molecule has 7 nitrogen and oxygen atoms in total. The largest absolute Gasteiger partial charge is 0.373 e. The van der Waals surface area contributed by atoms with Gasteiger partial charge in [0.1, 0.15) is 0 Å². The van der Waals surface area contributed by atoms with Gasteiger partial charge in [0.05, 0.1) is 48.6 Å². The Balaban J connectivity index is 1.46. The summed E-state index contributed by atoms with van der Waals surface area (Å²) in [6.07, 6.45) is 1.81. The van der Waals surface area contributed by atoms with Crippen LogP contribution in [0.1, 0.15) is 5.69 Å². The summed E-state index contributed by atoms with van der Waals surface area (Å²) < 4.78 is 7.64. The number of hydrogen-bond donors (Lipinski definition) is 1. The van der Waals surface area contributed by atoms with E-state index in [0.717, 1.165) is 30.2 Å². The third-order valence-corrected chi connectivity index (χ3v) is 5.12. The molecule has 1 N–H and O–H groups in total. The van der Waals surface area contributed by atoms with E-state index in [0.29, 0.717) is 13.1 Å². The van der Waals surface area contributed by atoms with Crippen LogP contribution in [0, 0.1) is 6.92 Å². The average Bonchev–Trinajstić information content (AvgIpc) is 3.21. The molecule has 7 heteroatoms. The molecule has 2 atom stereocenters. The molecular weight excluding hydrogens is 318 g/mol. The zero-order valence-electron chi connectivity index (χ0n) is 14.6. The molecule has 2 aliphatic rings. The molecule has 132 valence electrons. The van der Waals surface area contributed by atoms with Crippen LogP contribution < -0.4 is 5.32 Å². The molecule has 0 spiro atoms. The molecule has 2 aliphatic heterocycles. The smallest absolute Gasteiger partial charge is 0.322 e. The monoisotopic (exact) mass is 341 g/mol. The number of aromatic nitrogens is 2. The third kappa shape index (κ3) is 3.01. The zero-order valence-corrected chi connectivity index (χ0v) is 14.6. The molecule has 0 bridgehead atoms. The molecule has 25 heavy (non-hydrogen) atoms. The maximum atomic E-state index is 12.7. The Labute approximate surface area is 147 Å². The Bertz CT molecular complexity index is 760. The zero-order chi connectivity index (χ0) is 17.4. The molecule has 3 heterocycles. The molecular formula is C18H23N5O2. The first-order valence-electron chi connectivity index (χ1n) is 8.61. The number of amides is 2. The van der Waals surface area contributed by atoms with Gasteiger partial charge in [-0.2, -0.15) is 5.10 Å². The van der Waals surface area contributed by atoms with Gasteiger partial charge >= 0.3 is 6.03 Å². The highest BCUT2D eigenvalue weighted by Gasteiger charge is 2.40. The minimum atomic E-state index is -0.0953. The maximum Gasteiger partial charge on any atom is 0.322 e. The predicted octanol–water partition coefficient (Wildman–Crippen LogP) is 1.73. The number of fused-ring (bicyclic) bond motifs is 1. The third-order valence-electron chi connectivity index (χ3n) is 5.12. The first kappa shape index (κ1) is 16.1. The normalized spacial score (nSPS) is 23.5. The Kier molecular flexibility index (Phi) is 4.19. The van der Waals surface area contributed by atoms with Gasteiger partial charge in [0.15, 0.2) is 0 Å². The van der Waals surface area contributed by atoms with Crippen LogP contribution in [0.4, 0.5) is 10.5 Å². The van der Waals surface area contributed by atoms with Crippen LogP contribution in [0.2, 0.25) is 0 Å². The van der Waals surface area contributed by atoms with E-state index in [2.05, 4.69) is 22.4 Å². The van der Waals surface area contributed by atoms with E-state index in [1.54, 1.807) is 6.20 Å². The van der Waals surface area contributed by atoms with E-state index in [-0.39, 0.29) is 18.2 Å². The van der Waals surface area contributed by atoms with Crippen LogP contribution in [0.3, 0.4) is 0 Å². The van der Waals surface area contributed by atoms with Crippen molar-refractivity contribution in [3.05, 3.63) is 42.2 Å². The lowest BCUT2D eigenvalue weighted by Crippen LogP contribution is -2.48. The fourth-order valence-electron chi connectivity index (χ4n) is 3.58. The van der Waals surface area contributed by atoms with Crippen molar-refractivity contribution >= 4 is 11.7 Å². The van der Waals surface area contributed by atoms with Crippen LogP contribution >= 0.6 is 0 Å². The average molecular weight is 341 g/mol. The highest BCUT2D eigenvalue weighted by atomic mass is 16.5. The second-order valence-corrected chi connectivity index (χ2v) is 6.68. The fourth-order valence-corrected chi connectivity index (χ4v) is 3.58. The Hall–Kier alpha value is -2.38. The summed E-state index contributed by atoms with van der Waals surface area (Å²) in [5.41, 5.74) is 2.62. The van der Waals surface area contributed by atoms with Gasteiger partial charge < -0.3 is 15.0 Å². The number of rotatable bonds is 2. The number of ether oxygens (including phenoxy) is 1. The SMILES string of the molecule is Cc1c(NC(=O)N2C[C@H]3OCCN(C)[C@H]3C2)cnn1-c1ccccc1. The number of hydrogen-bond acceptors (Lipinski definition) is 4. The predicted molar refractivity (Wildman–Crippen MR) is 95.1 cm³/mol. The molecule has 2 aromatic rings. The highest BCUT2D eigenvalue weighted by Crippen LogP contribution is 2.23. The number of carbonyl (C=O) groups excluding carboxylic acids is 1. The lowest BCUT2D eigenvalue weighted by Gasteiger charge is -2.33. The number of urea groups is 1.